The predicted octanol–water partition coefficient (Wildman–Crippen LogP) is 5.31. The molecule has 22 heavy (non-hydrogen) atoms. The maximum Gasteiger partial charge on any atom is 0.0367 e. The van der Waals surface area contributed by atoms with Crippen LogP contribution in [0.1, 0.15) is 58.3 Å². The van der Waals surface area contributed by atoms with Crippen LogP contribution in [0.15, 0.2) is 24.3 Å². The van der Waals surface area contributed by atoms with E-state index in [1.807, 2.05) is 0 Å². The van der Waals surface area contributed by atoms with E-state index in [0.29, 0.717) is 0 Å². The third-order valence-electron chi connectivity index (χ3n) is 5.62. The van der Waals surface area contributed by atoms with E-state index in [4.69, 9.17) is 0 Å². The normalized spacial score (nSPS) is 21.0. The maximum atomic E-state index is 3.61. The van der Waals surface area contributed by atoms with Gasteiger partial charge in [0.15, 0.2) is 0 Å². The van der Waals surface area contributed by atoms with E-state index in [1.165, 1.54) is 75.8 Å². The van der Waals surface area contributed by atoms with Gasteiger partial charge in [-0.2, -0.15) is 0 Å². The molecule has 1 saturated carbocycles. The molecule has 0 bridgehead atoms. The molecule has 2 heteroatoms. The van der Waals surface area contributed by atoms with E-state index in [9.17, 15) is 0 Å². The van der Waals surface area contributed by atoms with Gasteiger partial charge in [-0.05, 0) is 55.4 Å². The SMILES string of the molecule is CC1CCN(c2ccc(NCCC3CCCCC3)cc2)CC1. The van der Waals surface area contributed by atoms with Gasteiger partial charge in [0.1, 0.15) is 0 Å². The molecule has 0 spiro atoms. The fourth-order valence-corrected chi connectivity index (χ4v) is 3.95. The van der Waals surface area contributed by atoms with Gasteiger partial charge in [0.2, 0.25) is 0 Å². The third kappa shape index (κ3) is 4.41. The highest BCUT2D eigenvalue weighted by atomic mass is 15.1. The highest BCUT2D eigenvalue weighted by Crippen LogP contribution is 2.27. The number of nitrogens with one attached hydrogen (secondary N) is 1. The fourth-order valence-electron chi connectivity index (χ4n) is 3.95. The number of benzene rings is 1. The molecule has 0 aromatic heterocycles. The minimum absolute atomic E-state index is 0.900. The van der Waals surface area contributed by atoms with Gasteiger partial charge in [-0.25, -0.2) is 0 Å². The molecule has 2 fully saturated rings. The molecule has 1 aliphatic carbocycles. The summed E-state index contributed by atoms with van der Waals surface area (Å²) in [5.41, 5.74) is 2.68. The number of rotatable bonds is 5. The van der Waals surface area contributed by atoms with Crippen molar-refractivity contribution < 1.29 is 0 Å². The van der Waals surface area contributed by atoms with Crippen molar-refractivity contribution in [3.05, 3.63) is 24.3 Å². The molecule has 1 heterocycles. The van der Waals surface area contributed by atoms with Gasteiger partial charge in [-0.15, -0.1) is 0 Å². The van der Waals surface area contributed by atoms with Gasteiger partial charge in [-0.1, -0.05) is 39.0 Å². The van der Waals surface area contributed by atoms with Crippen molar-refractivity contribution in [1.82, 2.24) is 0 Å². The van der Waals surface area contributed by atoms with Crippen LogP contribution in [0.3, 0.4) is 0 Å². The Bertz CT molecular complexity index is 426. The lowest BCUT2D eigenvalue weighted by atomic mass is 9.87. The van der Waals surface area contributed by atoms with E-state index in [-0.39, 0.29) is 0 Å². The summed E-state index contributed by atoms with van der Waals surface area (Å²) in [5.74, 6) is 1.87. The van der Waals surface area contributed by atoms with Crippen LogP contribution in [0.2, 0.25) is 0 Å². The first-order chi connectivity index (χ1) is 10.8. The molecule has 3 rings (SSSR count). The van der Waals surface area contributed by atoms with E-state index >= 15 is 0 Å². The molecule has 0 radical (unpaired) electrons. The van der Waals surface area contributed by atoms with E-state index < -0.39 is 0 Å². The van der Waals surface area contributed by atoms with Gasteiger partial charge in [-0.3, -0.25) is 0 Å². The average Bonchev–Trinajstić information content (AvgIpc) is 2.57. The van der Waals surface area contributed by atoms with Crippen molar-refractivity contribution in [3.63, 3.8) is 0 Å². The van der Waals surface area contributed by atoms with Crippen LogP contribution < -0.4 is 10.2 Å². The van der Waals surface area contributed by atoms with Gasteiger partial charge in [0.05, 0.1) is 0 Å². The number of hydrogen-bond donors (Lipinski definition) is 1. The van der Waals surface area contributed by atoms with Crippen molar-refractivity contribution in [2.45, 2.75) is 58.3 Å². The topological polar surface area (TPSA) is 15.3 Å². The lowest BCUT2D eigenvalue weighted by Gasteiger charge is -2.32. The van der Waals surface area contributed by atoms with Crippen molar-refractivity contribution in [3.8, 4) is 0 Å². The lowest BCUT2D eigenvalue weighted by molar-refractivity contribution is 0.345. The summed E-state index contributed by atoms with van der Waals surface area (Å²) in [6.45, 7) is 5.94. The quantitative estimate of drug-likeness (QED) is 0.793. The second kappa shape index (κ2) is 7.89. The average molecular weight is 300 g/mol. The molecular formula is C20H32N2. The zero-order valence-corrected chi connectivity index (χ0v) is 14.2. The van der Waals surface area contributed by atoms with Crippen molar-refractivity contribution in [1.29, 1.82) is 0 Å². The van der Waals surface area contributed by atoms with Crippen LogP contribution >= 0.6 is 0 Å². The molecule has 1 saturated heterocycles. The number of anilines is 2. The summed E-state index contributed by atoms with van der Waals surface area (Å²) in [4.78, 5) is 2.53. The number of nitrogens with zero attached hydrogens (tertiary/aromatic N) is 1. The molecule has 2 nitrogen and oxygen atoms in total. The Labute approximate surface area is 136 Å². The Morgan fingerprint density at radius 1 is 0.955 bits per heavy atom. The molecule has 0 atom stereocenters. The second-order valence-electron chi connectivity index (χ2n) is 7.44. The molecule has 1 N–H and O–H groups in total. The van der Waals surface area contributed by atoms with E-state index in [1.54, 1.807) is 0 Å². The van der Waals surface area contributed by atoms with Crippen LogP contribution in [0, 0.1) is 11.8 Å². The van der Waals surface area contributed by atoms with Crippen LogP contribution in [-0.2, 0) is 0 Å². The minimum Gasteiger partial charge on any atom is -0.385 e. The molecule has 2 aliphatic rings. The number of piperidine rings is 1. The third-order valence-corrected chi connectivity index (χ3v) is 5.62. The van der Waals surface area contributed by atoms with Gasteiger partial charge in [0, 0.05) is 31.0 Å². The Kier molecular flexibility index (Phi) is 5.64. The minimum atomic E-state index is 0.900. The van der Waals surface area contributed by atoms with E-state index in [2.05, 4.69) is 41.4 Å². The summed E-state index contributed by atoms with van der Waals surface area (Å²) in [7, 11) is 0. The number of hydrogen-bond acceptors (Lipinski definition) is 2. The lowest BCUT2D eigenvalue weighted by Crippen LogP contribution is -2.32. The molecule has 0 amide bonds. The van der Waals surface area contributed by atoms with Gasteiger partial charge >= 0.3 is 0 Å². The highest BCUT2D eigenvalue weighted by Gasteiger charge is 2.16. The van der Waals surface area contributed by atoms with Gasteiger partial charge < -0.3 is 10.2 Å². The molecule has 0 unspecified atom stereocenters. The second-order valence-corrected chi connectivity index (χ2v) is 7.44. The highest BCUT2D eigenvalue weighted by molar-refractivity contribution is 5.55. The predicted molar refractivity (Wildman–Crippen MR) is 96.7 cm³/mol. The van der Waals surface area contributed by atoms with Crippen LogP contribution in [-0.4, -0.2) is 19.6 Å². The molecule has 1 aliphatic heterocycles. The van der Waals surface area contributed by atoms with Crippen molar-refractivity contribution in [2.75, 3.05) is 29.9 Å². The first-order valence-electron chi connectivity index (χ1n) is 9.40. The van der Waals surface area contributed by atoms with Gasteiger partial charge in [0.25, 0.3) is 0 Å². The summed E-state index contributed by atoms with van der Waals surface area (Å²) in [6, 6.07) is 9.10. The van der Waals surface area contributed by atoms with Crippen LogP contribution in [0.4, 0.5) is 11.4 Å². The summed E-state index contributed by atoms with van der Waals surface area (Å²) >= 11 is 0. The largest absolute Gasteiger partial charge is 0.385 e. The monoisotopic (exact) mass is 300 g/mol. The smallest absolute Gasteiger partial charge is 0.0367 e. The van der Waals surface area contributed by atoms with E-state index in [0.717, 1.165) is 18.4 Å². The first kappa shape index (κ1) is 15.7. The summed E-state index contributed by atoms with van der Waals surface area (Å²) in [5, 5.41) is 3.61. The zero-order chi connectivity index (χ0) is 15.2. The molecular weight excluding hydrogens is 268 g/mol. The Balaban J connectivity index is 1.43. The summed E-state index contributed by atoms with van der Waals surface area (Å²) < 4.78 is 0. The Hall–Kier alpha value is -1.18. The fraction of sp³-hybridized carbons (Fsp3) is 0.700. The molecule has 122 valence electrons. The standard InChI is InChI=1S/C20H32N2/c1-17-12-15-22(16-13-17)20-9-7-19(8-10-20)21-14-11-18-5-3-2-4-6-18/h7-10,17-18,21H,2-6,11-16H2,1H3. The zero-order valence-electron chi connectivity index (χ0n) is 14.2. The molecule has 1 aromatic rings. The maximum absolute atomic E-state index is 3.61. The van der Waals surface area contributed by atoms with Crippen molar-refractivity contribution >= 4 is 11.4 Å². The first-order valence-corrected chi connectivity index (χ1v) is 9.40. The van der Waals surface area contributed by atoms with Crippen LogP contribution in [0.25, 0.3) is 0 Å². The Morgan fingerprint density at radius 2 is 1.64 bits per heavy atom. The Morgan fingerprint density at radius 3 is 2.32 bits per heavy atom. The summed E-state index contributed by atoms with van der Waals surface area (Å²) in [6.07, 6.45) is 11.3. The van der Waals surface area contributed by atoms with Crippen LogP contribution in [0.5, 0.6) is 0 Å². The molecule has 1 aromatic carbocycles. The van der Waals surface area contributed by atoms with Crippen molar-refractivity contribution in [2.24, 2.45) is 11.8 Å².